The van der Waals surface area contributed by atoms with E-state index in [0.717, 1.165) is 27.0 Å². The summed E-state index contributed by atoms with van der Waals surface area (Å²) in [5.41, 5.74) is 9.15. The van der Waals surface area contributed by atoms with Crippen molar-refractivity contribution >= 4 is 27.0 Å². The molecule has 1 atom stereocenters. The van der Waals surface area contributed by atoms with E-state index >= 15 is 0 Å². The molecule has 4 heteroatoms. The number of nitrogens with zero attached hydrogens (tertiary/aromatic N) is 2. The van der Waals surface area contributed by atoms with Crippen LogP contribution in [0, 0.1) is 0 Å². The van der Waals surface area contributed by atoms with Crippen molar-refractivity contribution in [3.05, 3.63) is 58.8 Å². The van der Waals surface area contributed by atoms with Gasteiger partial charge in [0.05, 0.1) is 17.1 Å². The van der Waals surface area contributed by atoms with Crippen molar-refractivity contribution in [1.29, 1.82) is 0 Å². The predicted molar refractivity (Wildman–Crippen MR) is 81.4 cm³/mol. The number of hydrogen-bond donors (Lipinski definition) is 1. The molecular weight excluding hydrogens is 302 g/mol. The Balaban J connectivity index is 2.40. The number of benzene rings is 2. The van der Waals surface area contributed by atoms with Crippen molar-refractivity contribution in [2.45, 2.75) is 13.0 Å². The lowest BCUT2D eigenvalue weighted by Gasteiger charge is -2.12. The first kappa shape index (κ1) is 12.4. The van der Waals surface area contributed by atoms with Crippen LogP contribution in [0.2, 0.25) is 0 Å². The highest BCUT2D eigenvalue weighted by Crippen LogP contribution is 2.29. The Labute approximate surface area is 120 Å². The second-order valence-electron chi connectivity index (χ2n) is 4.54. The molecular formula is C15H14BrN3. The molecule has 2 aromatic carbocycles. The number of hydrogen-bond acceptors (Lipinski definition) is 2. The molecule has 3 nitrogen and oxygen atoms in total. The highest BCUT2D eigenvalue weighted by atomic mass is 79.9. The molecule has 0 spiro atoms. The fraction of sp³-hybridized carbons (Fsp3) is 0.133. The highest BCUT2D eigenvalue weighted by molar-refractivity contribution is 9.10. The zero-order valence-corrected chi connectivity index (χ0v) is 12.1. The predicted octanol–water partition coefficient (Wildman–Crippen LogP) is 3.81. The van der Waals surface area contributed by atoms with Gasteiger partial charge in [-0.15, -0.1) is 0 Å². The van der Waals surface area contributed by atoms with E-state index in [4.69, 9.17) is 5.73 Å². The minimum atomic E-state index is -0.125. The Morgan fingerprint density at radius 2 is 1.84 bits per heavy atom. The largest absolute Gasteiger partial charge is 0.322 e. The lowest BCUT2D eigenvalue weighted by atomic mass is 10.2. The average Bonchev–Trinajstić information content (AvgIpc) is 2.81. The maximum atomic E-state index is 6.07. The summed E-state index contributed by atoms with van der Waals surface area (Å²) in [4.78, 5) is 4.66. The van der Waals surface area contributed by atoms with Crippen LogP contribution in [0.25, 0.3) is 16.7 Å². The number of rotatable bonds is 2. The van der Waals surface area contributed by atoms with Crippen LogP contribution in [0.5, 0.6) is 0 Å². The van der Waals surface area contributed by atoms with Crippen LogP contribution >= 0.6 is 15.9 Å². The van der Waals surface area contributed by atoms with E-state index in [0.29, 0.717) is 0 Å². The molecule has 19 heavy (non-hydrogen) atoms. The number of fused-ring (bicyclic) bond motifs is 1. The van der Waals surface area contributed by atoms with E-state index < -0.39 is 0 Å². The van der Waals surface area contributed by atoms with Crippen LogP contribution in [-0.2, 0) is 0 Å². The van der Waals surface area contributed by atoms with E-state index in [1.165, 1.54) is 0 Å². The molecule has 1 aromatic heterocycles. The van der Waals surface area contributed by atoms with E-state index in [9.17, 15) is 0 Å². The molecule has 2 N–H and O–H groups in total. The Hall–Kier alpha value is -1.65. The maximum Gasteiger partial charge on any atom is 0.131 e. The van der Waals surface area contributed by atoms with E-state index in [-0.39, 0.29) is 6.04 Å². The van der Waals surface area contributed by atoms with Gasteiger partial charge in [0.15, 0.2) is 0 Å². The van der Waals surface area contributed by atoms with Gasteiger partial charge < -0.3 is 5.73 Å². The summed E-state index contributed by atoms with van der Waals surface area (Å²) < 4.78 is 3.14. The van der Waals surface area contributed by atoms with Crippen LogP contribution in [0.3, 0.4) is 0 Å². The Morgan fingerprint density at radius 1 is 1.11 bits per heavy atom. The van der Waals surface area contributed by atoms with E-state index in [1.54, 1.807) is 0 Å². The summed E-state index contributed by atoms with van der Waals surface area (Å²) in [7, 11) is 0. The lowest BCUT2D eigenvalue weighted by molar-refractivity contribution is 0.727. The summed E-state index contributed by atoms with van der Waals surface area (Å²) in [6.45, 7) is 1.95. The van der Waals surface area contributed by atoms with Gasteiger partial charge in [-0.2, -0.15) is 0 Å². The van der Waals surface area contributed by atoms with Gasteiger partial charge >= 0.3 is 0 Å². The monoisotopic (exact) mass is 315 g/mol. The topological polar surface area (TPSA) is 43.8 Å². The molecule has 1 heterocycles. The second-order valence-corrected chi connectivity index (χ2v) is 5.39. The van der Waals surface area contributed by atoms with Crippen LogP contribution in [0.4, 0.5) is 0 Å². The molecule has 0 radical (unpaired) electrons. The highest BCUT2D eigenvalue weighted by Gasteiger charge is 2.16. The molecule has 3 rings (SSSR count). The fourth-order valence-electron chi connectivity index (χ4n) is 2.25. The zero-order valence-electron chi connectivity index (χ0n) is 10.5. The molecule has 0 amide bonds. The number of para-hydroxylation sites is 2. The maximum absolute atomic E-state index is 6.07. The quantitative estimate of drug-likeness (QED) is 0.781. The number of nitrogens with two attached hydrogens (primary N) is 1. The summed E-state index contributed by atoms with van der Waals surface area (Å²) in [6, 6.07) is 16.0. The number of imidazole rings is 1. The Kier molecular flexibility index (Phi) is 3.12. The van der Waals surface area contributed by atoms with Crippen molar-refractivity contribution in [3.8, 4) is 5.69 Å². The van der Waals surface area contributed by atoms with E-state index in [1.807, 2.05) is 43.3 Å². The van der Waals surface area contributed by atoms with Gasteiger partial charge in [0.25, 0.3) is 0 Å². The van der Waals surface area contributed by atoms with Crippen LogP contribution < -0.4 is 5.73 Å². The third-order valence-corrected chi connectivity index (χ3v) is 3.71. The Morgan fingerprint density at radius 3 is 2.53 bits per heavy atom. The van der Waals surface area contributed by atoms with Gasteiger partial charge in [-0.1, -0.05) is 24.3 Å². The summed E-state index contributed by atoms with van der Waals surface area (Å²) in [5, 5.41) is 0. The summed E-state index contributed by atoms with van der Waals surface area (Å²) in [5.74, 6) is 0.869. The van der Waals surface area contributed by atoms with Crippen molar-refractivity contribution in [3.63, 3.8) is 0 Å². The van der Waals surface area contributed by atoms with Crippen LogP contribution in [-0.4, -0.2) is 9.55 Å². The first-order valence-electron chi connectivity index (χ1n) is 6.16. The third kappa shape index (κ3) is 2.07. The molecule has 0 aliphatic heterocycles. The molecule has 3 aromatic rings. The molecule has 0 saturated heterocycles. The molecule has 0 bridgehead atoms. The number of aromatic nitrogens is 2. The molecule has 0 saturated carbocycles. The number of halogens is 1. The SMILES string of the molecule is CC(N)c1nc2cccc(Br)c2n1-c1ccccc1. The normalized spacial score (nSPS) is 12.8. The van der Waals surface area contributed by atoms with Gasteiger partial charge in [0, 0.05) is 10.2 Å². The Bertz CT molecular complexity index is 717. The zero-order chi connectivity index (χ0) is 13.4. The second kappa shape index (κ2) is 4.79. The van der Waals surface area contributed by atoms with Gasteiger partial charge in [-0.3, -0.25) is 4.57 Å². The fourth-order valence-corrected chi connectivity index (χ4v) is 2.78. The van der Waals surface area contributed by atoms with Crippen molar-refractivity contribution < 1.29 is 0 Å². The van der Waals surface area contributed by atoms with Gasteiger partial charge in [0.1, 0.15) is 5.82 Å². The average molecular weight is 316 g/mol. The third-order valence-electron chi connectivity index (χ3n) is 3.07. The molecule has 96 valence electrons. The first-order valence-corrected chi connectivity index (χ1v) is 6.95. The van der Waals surface area contributed by atoms with Gasteiger partial charge in [-0.25, -0.2) is 4.98 Å². The summed E-state index contributed by atoms with van der Waals surface area (Å²) in [6.07, 6.45) is 0. The molecule has 0 fully saturated rings. The standard InChI is InChI=1S/C15H14BrN3/c1-10(17)15-18-13-9-5-8-12(16)14(13)19(15)11-6-3-2-4-7-11/h2-10H,17H2,1H3. The van der Waals surface area contributed by atoms with Crippen molar-refractivity contribution in [1.82, 2.24) is 9.55 Å². The smallest absolute Gasteiger partial charge is 0.131 e. The van der Waals surface area contributed by atoms with Crippen molar-refractivity contribution in [2.24, 2.45) is 5.73 Å². The van der Waals surface area contributed by atoms with E-state index in [2.05, 4.69) is 37.6 Å². The van der Waals surface area contributed by atoms with Gasteiger partial charge in [0.2, 0.25) is 0 Å². The lowest BCUT2D eigenvalue weighted by Crippen LogP contribution is -2.12. The van der Waals surface area contributed by atoms with Gasteiger partial charge in [-0.05, 0) is 47.1 Å². The van der Waals surface area contributed by atoms with Crippen LogP contribution in [0.15, 0.2) is 53.0 Å². The van der Waals surface area contributed by atoms with Crippen molar-refractivity contribution in [2.75, 3.05) is 0 Å². The van der Waals surface area contributed by atoms with Crippen LogP contribution in [0.1, 0.15) is 18.8 Å². The summed E-state index contributed by atoms with van der Waals surface area (Å²) >= 11 is 3.61. The first-order chi connectivity index (χ1) is 9.18. The minimum absolute atomic E-state index is 0.125. The molecule has 0 aliphatic rings. The molecule has 0 aliphatic carbocycles. The minimum Gasteiger partial charge on any atom is -0.322 e. The molecule has 1 unspecified atom stereocenters.